The number of amides is 3. The Balaban J connectivity index is 2.12. The van der Waals surface area contributed by atoms with E-state index in [-0.39, 0.29) is 0 Å². The molecule has 0 saturated heterocycles. The number of nitrogens with one attached hydrogen (secondary N) is 2. The van der Waals surface area contributed by atoms with Crippen molar-refractivity contribution in [3.63, 3.8) is 0 Å². The maximum absolute atomic E-state index is 12.2. The summed E-state index contributed by atoms with van der Waals surface area (Å²) >= 11 is 0. The van der Waals surface area contributed by atoms with Gasteiger partial charge in [-0.3, -0.25) is 10.1 Å². The fourth-order valence-electron chi connectivity index (χ4n) is 1.83. The van der Waals surface area contributed by atoms with E-state index in [1.165, 1.54) is 19.4 Å². The third kappa shape index (κ3) is 4.84. The summed E-state index contributed by atoms with van der Waals surface area (Å²) in [6.45, 7) is 0. The van der Waals surface area contributed by atoms with Crippen LogP contribution in [0.25, 0.3) is 6.08 Å². The number of carbonyl (C=O) groups excluding carboxylic acids is 3. The smallest absolute Gasteiger partial charge is 0.332 e. The van der Waals surface area contributed by atoms with Gasteiger partial charge < -0.3 is 14.5 Å². The maximum Gasteiger partial charge on any atom is 0.332 e. The van der Waals surface area contributed by atoms with Gasteiger partial charge in [0.2, 0.25) is 6.10 Å². The Morgan fingerprint density at radius 2 is 1.88 bits per heavy atom. The summed E-state index contributed by atoms with van der Waals surface area (Å²) in [5.41, 5.74) is 0.443. The number of furan rings is 1. The van der Waals surface area contributed by atoms with Gasteiger partial charge in [0.15, 0.2) is 0 Å². The Bertz CT molecular complexity index is 723. The third-order valence-corrected chi connectivity index (χ3v) is 2.97. The lowest BCUT2D eigenvalue weighted by atomic mass is 10.1. The molecular formula is C17H16N2O5. The number of benzene rings is 1. The van der Waals surface area contributed by atoms with Crippen LogP contribution in [0.15, 0.2) is 59.2 Å². The molecule has 0 radical (unpaired) electrons. The van der Waals surface area contributed by atoms with E-state index in [9.17, 15) is 14.4 Å². The highest BCUT2D eigenvalue weighted by Crippen LogP contribution is 2.18. The van der Waals surface area contributed by atoms with Crippen LogP contribution in [0.2, 0.25) is 0 Å². The first kappa shape index (κ1) is 17.0. The Morgan fingerprint density at radius 3 is 2.50 bits per heavy atom. The second-order valence-corrected chi connectivity index (χ2v) is 4.64. The zero-order valence-corrected chi connectivity index (χ0v) is 12.9. The molecule has 1 heterocycles. The lowest BCUT2D eigenvalue weighted by molar-refractivity contribution is -0.151. The van der Waals surface area contributed by atoms with Crippen molar-refractivity contribution in [1.29, 1.82) is 0 Å². The van der Waals surface area contributed by atoms with Crippen LogP contribution >= 0.6 is 0 Å². The molecule has 7 nitrogen and oxygen atoms in total. The minimum Gasteiger partial charge on any atom is -0.465 e. The lowest BCUT2D eigenvalue weighted by Gasteiger charge is -2.16. The molecule has 124 valence electrons. The molecule has 1 atom stereocenters. The average molecular weight is 328 g/mol. The number of hydrogen-bond acceptors (Lipinski definition) is 5. The van der Waals surface area contributed by atoms with Crippen molar-refractivity contribution >= 4 is 24.0 Å². The zero-order valence-electron chi connectivity index (χ0n) is 12.9. The van der Waals surface area contributed by atoms with Gasteiger partial charge in [0.05, 0.1) is 6.26 Å². The minimum absolute atomic E-state index is 0.443. The summed E-state index contributed by atoms with van der Waals surface area (Å²) in [7, 11) is 1.37. The third-order valence-electron chi connectivity index (χ3n) is 2.97. The number of ether oxygens (including phenoxy) is 1. The quantitative estimate of drug-likeness (QED) is 0.646. The summed E-state index contributed by atoms with van der Waals surface area (Å²) in [4.78, 5) is 35.5. The Morgan fingerprint density at radius 1 is 1.12 bits per heavy atom. The molecule has 0 spiro atoms. The fourth-order valence-corrected chi connectivity index (χ4v) is 1.83. The number of urea groups is 1. The largest absolute Gasteiger partial charge is 0.465 e. The molecule has 0 aliphatic heterocycles. The van der Waals surface area contributed by atoms with Crippen LogP contribution < -0.4 is 10.6 Å². The maximum atomic E-state index is 12.2. The molecule has 2 N–H and O–H groups in total. The first-order valence-corrected chi connectivity index (χ1v) is 7.10. The van der Waals surface area contributed by atoms with Gasteiger partial charge in [-0.25, -0.2) is 9.59 Å². The van der Waals surface area contributed by atoms with Gasteiger partial charge in [0, 0.05) is 18.7 Å². The number of imide groups is 1. The Kier molecular flexibility index (Phi) is 5.90. The van der Waals surface area contributed by atoms with Crippen LogP contribution in [-0.4, -0.2) is 25.0 Å². The normalized spacial score (nSPS) is 11.7. The number of rotatable bonds is 5. The van der Waals surface area contributed by atoms with Crippen LogP contribution in [-0.2, 0) is 14.3 Å². The minimum atomic E-state index is -1.25. The summed E-state index contributed by atoms with van der Waals surface area (Å²) in [5.74, 6) is -1.02. The first-order valence-electron chi connectivity index (χ1n) is 7.10. The van der Waals surface area contributed by atoms with Crippen LogP contribution in [0.1, 0.15) is 17.4 Å². The predicted molar refractivity (Wildman–Crippen MR) is 85.6 cm³/mol. The van der Waals surface area contributed by atoms with Gasteiger partial charge in [0.1, 0.15) is 5.76 Å². The van der Waals surface area contributed by atoms with Crippen LogP contribution in [0.3, 0.4) is 0 Å². The van der Waals surface area contributed by atoms with Crippen molar-refractivity contribution in [2.45, 2.75) is 6.10 Å². The molecule has 1 aromatic carbocycles. The summed E-state index contributed by atoms with van der Waals surface area (Å²) in [6, 6.07) is 11.0. The standard InChI is InChI=1S/C17H16N2O5/c1-18-17(22)19-16(21)15(12-6-3-2-4-7-12)24-14(20)10-9-13-8-5-11-23-13/h2-11,15H,1H3,(H2,18,19,21,22)/b10-9+/t15-/m1/s1. The molecule has 2 aromatic rings. The SMILES string of the molecule is CNC(=O)NC(=O)[C@H](OC(=O)/C=C/c1ccco1)c1ccccc1. The monoisotopic (exact) mass is 328 g/mol. The molecular weight excluding hydrogens is 312 g/mol. The van der Waals surface area contributed by atoms with Gasteiger partial charge in [0.25, 0.3) is 5.91 Å². The Labute approximate surface area is 138 Å². The average Bonchev–Trinajstić information content (AvgIpc) is 3.12. The fraction of sp³-hybridized carbons (Fsp3) is 0.118. The molecule has 0 aliphatic carbocycles. The van der Waals surface area contributed by atoms with Gasteiger partial charge >= 0.3 is 12.0 Å². The highest BCUT2D eigenvalue weighted by molar-refractivity contribution is 5.98. The Hall–Kier alpha value is -3.35. The topological polar surface area (TPSA) is 97.6 Å². The van der Waals surface area contributed by atoms with Gasteiger partial charge in [-0.05, 0) is 18.2 Å². The van der Waals surface area contributed by atoms with E-state index in [0.29, 0.717) is 11.3 Å². The van der Waals surface area contributed by atoms with Gasteiger partial charge in [-0.1, -0.05) is 30.3 Å². The summed E-state index contributed by atoms with van der Waals surface area (Å²) in [6.07, 6.45) is 2.77. The summed E-state index contributed by atoms with van der Waals surface area (Å²) < 4.78 is 10.2. The van der Waals surface area contributed by atoms with E-state index in [1.54, 1.807) is 42.5 Å². The van der Waals surface area contributed by atoms with Crippen molar-refractivity contribution in [2.24, 2.45) is 0 Å². The van der Waals surface area contributed by atoms with Crippen LogP contribution in [0, 0.1) is 0 Å². The highest BCUT2D eigenvalue weighted by Gasteiger charge is 2.25. The highest BCUT2D eigenvalue weighted by atomic mass is 16.5. The van der Waals surface area contributed by atoms with Gasteiger partial charge in [-0.2, -0.15) is 0 Å². The van der Waals surface area contributed by atoms with Gasteiger partial charge in [-0.15, -0.1) is 0 Å². The first-order chi connectivity index (χ1) is 11.6. The molecule has 0 fully saturated rings. The van der Waals surface area contributed by atoms with Crippen LogP contribution in [0.5, 0.6) is 0 Å². The van der Waals surface area contributed by atoms with Crippen molar-refractivity contribution in [1.82, 2.24) is 10.6 Å². The van der Waals surface area contributed by atoms with Crippen molar-refractivity contribution in [2.75, 3.05) is 7.05 Å². The second-order valence-electron chi connectivity index (χ2n) is 4.64. The van der Waals surface area contributed by atoms with E-state index in [0.717, 1.165) is 6.08 Å². The van der Waals surface area contributed by atoms with E-state index in [4.69, 9.17) is 9.15 Å². The molecule has 0 aliphatic rings. The molecule has 0 bridgehead atoms. The number of carbonyl (C=O) groups is 3. The number of esters is 1. The van der Waals surface area contributed by atoms with E-state index in [2.05, 4.69) is 10.6 Å². The van der Waals surface area contributed by atoms with Crippen molar-refractivity contribution in [3.05, 3.63) is 66.1 Å². The molecule has 2 rings (SSSR count). The molecule has 3 amide bonds. The molecule has 0 saturated carbocycles. The van der Waals surface area contributed by atoms with Crippen molar-refractivity contribution < 1.29 is 23.5 Å². The molecule has 7 heteroatoms. The molecule has 24 heavy (non-hydrogen) atoms. The van der Waals surface area contributed by atoms with Crippen molar-refractivity contribution in [3.8, 4) is 0 Å². The van der Waals surface area contributed by atoms with E-state index < -0.39 is 24.0 Å². The van der Waals surface area contributed by atoms with Crippen LogP contribution in [0.4, 0.5) is 4.79 Å². The zero-order chi connectivity index (χ0) is 17.4. The lowest BCUT2D eigenvalue weighted by Crippen LogP contribution is -2.41. The predicted octanol–water partition coefficient (Wildman–Crippen LogP) is 2.03. The second kappa shape index (κ2) is 8.33. The van der Waals surface area contributed by atoms with E-state index >= 15 is 0 Å². The number of hydrogen-bond donors (Lipinski definition) is 2. The molecule has 0 unspecified atom stereocenters. The summed E-state index contributed by atoms with van der Waals surface area (Å²) in [5, 5.41) is 4.36. The molecule has 1 aromatic heterocycles. The van der Waals surface area contributed by atoms with E-state index in [1.807, 2.05) is 0 Å².